The van der Waals surface area contributed by atoms with Crippen molar-refractivity contribution in [3.05, 3.63) is 233 Å². The Morgan fingerprint density at radius 3 is 1.36 bits per heavy atom. The minimum atomic E-state index is -0.0929. The van der Waals surface area contributed by atoms with Gasteiger partial charge in [0.2, 0.25) is 0 Å². The SMILES string of the molecule is Cc1ccc(N2c3cccc(C)c3B3c4cc5c(cc4Oc4cc(-c6ccccc6C)cc2c43)N(c2ccc(C)cc2)c2cc(-c3ccccc3C)cc3c2B5c2cc(C)ccc2N3c2ccc(C)cc2)cc1. The maximum atomic E-state index is 7.57. The molecule has 6 heteroatoms. The van der Waals surface area contributed by atoms with Crippen LogP contribution in [0.3, 0.4) is 0 Å². The molecule has 0 fully saturated rings. The van der Waals surface area contributed by atoms with Gasteiger partial charge in [-0.2, -0.15) is 0 Å². The molecule has 4 nitrogen and oxygen atoms in total. The number of ether oxygens (including phenoxy) is 1. The Balaban J connectivity index is 1.09. The minimum absolute atomic E-state index is 0.0807. The van der Waals surface area contributed by atoms with E-state index in [1.54, 1.807) is 0 Å². The molecule has 0 unspecified atom stereocenters. The van der Waals surface area contributed by atoms with E-state index in [9.17, 15) is 0 Å². The zero-order valence-corrected chi connectivity index (χ0v) is 42.4. The molecule has 0 aliphatic carbocycles. The summed E-state index contributed by atoms with van der Waals surface area (Å²) in [6, 6.07) is 73.2. The van der Waals surface area contributed by atoms with Crippen LogP contribution in [-0.4, -0.2) is 13.4 Å². The molecule has 14 rings (SSSR count). The van der Waals surface area contributed by atoms with Gasteiger partial charge in [0.25, 0.3) is 13.4 Å². The largest absolute Gasteiger partial charge is 0.458 e. The van der Waals surface area contributed by atoms with E-state index in [1.807, 2.05) is 0 Å². The predicted molar refractivity (Wildman–Crippen MR) is 310 cm³/mol. The highest BCUT2D eigenvalue weighted by atomic mass is 16.5. The van der Waals surface area contributed by atoms with E-state index < -0.39 is 0 Å². The summed E-state index contributed by atoms with van der Waals surface area (Å²) >= 11 is 0. The fourth-order valence-corrected chi connectivity index (χ4v) is 12.6. The third-order valence-corrected chi connectivity index (χ3v) is 16.2. The molecule has 0 bridgehead atoms. The van der Waals surface area contributed by atoms with Gasteiger partial charge in [-0.05, 0) is 187 Å². The Morgan fingerprint density at radius 1 is 0.301 bits per heavy atom. The first-order chi connectivity index (χ1) is 35.6. The van der Waals surface area contributed by atoms with Crippen molar-refractivity contribution in [2.24, 2.45) is 0 Å². The highest BCUT2D eigenvalue weighted by Gasteiger charge is 2.48. The van der Waals surface area contributed by atoms with Gasteiger partial charge in [0.1, 0.15) is 11.5 Å². The van der Waals surface area contributed by atoms with Gasteiger partial charge in [-0.25, -0.2) is 0 Å². The van der Waals surface area contributed by atoms with Crippen molar-refractivity contribution in [1.82, 2.24) is 0 Å². The first-order valence-electron chi connectivity index (χ1n) is 25.7. The lowest BCUT2D eigenvalue weighted by molar-refractivity contribution is 0.488. The highest BCUT2D eigenvalue weighted by molar-refractivity contribution is 7.02. The molecule has 0 atom stereocenters. The number of benzene rings is 10. The third-order valence-electron chi connectivity index (χ3n) is 16.2. The van der Waals surface area contributed by atoms with Crippen LogP contribution in [0.25, 0.3) is 22.3 Å². The van der Waals surface area contributed by atoms with Crippen molar-refractivity contribution in [3.8, 4) is 33.8 Å². The van der Waals surface area contributed by atoms with Gasteiger partial charge in [-0.3, -0.25) is 0 Å². The van der Waals surface area contributed by atoms with Crippen LogP contribution in [0.1, 0.15) is 38.9 Å². The van der Waals surface area contributed by atoms with Gasteiger partial charge in [0.05, 0.1) is 0 Å². The average Bonchev–Trinajstić information content (AvgIpc) is 3.39. The lowest BCUT2D eigenvalue weighted by Crippen LogP contribution is -2.64. The minimum Gasteiger partial charge on any atom is -0.458 e. The zero-order chi connectivity index (χ0) is 49.4. The molecule has 73 heavy (non-hydrogen) atoms. The molecule has 0 spiro atoms. The summed E-state index contributed by atoms with van der Waals surface area (Å²) < 4.78 is 7.57. The summed E-state index contributed by atoms with van der Waals surface area (Å²) in [5.41, 5.74) is 31.4. The molecule has 0 saturated heterocycles. The lowest BCUT2D eigenvalue weighted by atomic mass is 9.30. The number of hydrogen-bond donors (Lipinski definition) is 0. The summed E-state index contributed by atoms with van der Waals surface area (Å²) in [5, 5.41) is 0. The molecular formula is C67H53B2N3O. The Kier molecular flexibility index (Phi) is 9.66. The standard InChI is InChI=1S/C67H53B2N3O/c1-40-19-26-49(27-20-40)70-57-32-25-43(4)33-54(57)68-55-38-56-63(39-59(55)72(51-30-23-42(3)24-31-51)61-35-47(34-60(70)66(61)68)52-16-10-8-13-44(52)5)73-64-37-48(53-17-11-9-14-45(53)6)36-62-67(64)69(56)65-46(7)15-12-18-58(65)71(62)50-28-21-41(2)22-29-50/h8-39H,1-7H3. The van der Waals surface area contributed by atoms with Gasteiger partial charge < -0.3 is 19.4 Å². The third kappa shape index (κ3) is 6.63. The van der Waals surface area contributed by atoms with Crippen LogP contribution in [0.2, 0.25) is 0 Å². The normalized spacial score (nSPS) is 13.4. The van der Waals surface area contributed by atoms with Gasteiger partial charge in [-0.15, -0.1) is 0 Å². The maximum Gasteiger partial charge on any atom is 0.256 e. The Bertz CT molecular complexity index is 3940. The quantitative estimate of drug-likeness (QED) is 0.160. The molecule has 10 aromatic carbocycles. The Morgan fingerprint density at radius 2 is 0.781 bits per heavy atom. The second kappa shape index (κ2) is 16.3. The van der Waals surface area contributed by atoms with Crippen molar-refractivity contribution in [2.75, 3.05) is 14.7 Å². The molecular weight excluding hydrogens is 884 g/mol. The van der Waals surface area contributed by atoms with Crippen LogP contribution in [0.15, 0.2) is 194 Å². The summed E-state index contributed by atoms with van der Waals surface area (Å²) in [4.78, 5) is 7.55. The molecule has 0 saturated carbocycles. The highest BCUT2D eigenvalue weighted by Crippen LogP contribution is 2.49. The number of rotatable bonds is 5. The summed E-state index contributed by atoms with van der Waals surface area (Å²) in [5.74, 6) is 1.79. The molecule has 4 aliphatic heterocycles. The van der Waals surface area contributed by atoms with Crippen LogP contribution in [0.4, 0.5) is 51.2 Å². The van der Waals surface area contributed by atoms with E-state index in [0.717, 1.165) is 45.5 Å². The van der Waals surface area contributed by atoms with Crippen molar-refractivity contribution in [2.45, 2.75) is 48.5 Å². The predicted octanol–water partition coefficient (Wildman–Crippen LogP) is 13.7. The first kappa shape index (κ1) is 43.3. The topological polar surface area (TPSA) is 19.0 Å². The monoisotopic (exact) mass is 937 g/mol. The van der Waals surface area contributed by atoms with Crippen molar-refractivity contribution < 1.29 is 4.74 Å². The first-order valence-corrected chi connectivity index (χ1v) is 25.7. The number of nitrogens with zero attached hydrogens (tertiary/aromatic N) is 3. The number of fused-ring (bicyclic) bond motifs is 8. The van der Waals surface area contributed by atoms with E-state index in [-0.39, 0.29) is 13.4 Å². The molecule has 10 aromatic rings. The fourth-order valence-electron chi connectivity index (χ4n) is 12.6. The van der Waals surface area contributed by atoms with Gasteiger partial charge in [-0.1, -0.05) is 143 Å². The molecule has 4 aliphatic rings. The van der Waals surface area contributed by atoms with Crippen LogP contribution >= 0.6 is 0 Å². The fraction of sp³-hybridized carbons (Fsp3) is 0.104. The number of anilines is 9. The summed E-state index contributed by atoms with van der Waals surface area (Å²) in [6.07, 6.45) is 0. The molecule has 0 aromatic heterocycles. The summed E-state index contributed by atoms with van der Waals surface area (Å²) in [6.45, 7) is 15.3. The van der Waals surface area contributed by atoms with E-state index in [1.165, 1.54) is 111 Å². The van der Waals surface area contributed by atoms with Crippen molar-refractivity contribution >= 4 is 97.4 Å². The smallest absolute Gasteiger partial charge is 0.256 e. The van der Waals surface area contributed by atoms with Crippen LogP contribution in [0, 0.1) is 48.5 Å². The van der Waals surface area contributed by atoms with E-state index in [0.29, 0.717) is 0 Å². The molecule has 0 N–H and O–H groups in total. The Hall–Kier alpha value is -8.47. The van der Waals surface area contributed by atoms with E-state index in [2.05, 4.69) is 257 Å². The van der Waals surface area contributed by atoms with Crippen molar-refractivity contribution in [1.29, 1.82) is 0 Å². The second-order valence-electron chi connectivity index (χ2n) is 21.0. The molecule has 4 heterocycles. The van der Waals surface area contributed by atoms with Crippen LogP contribution in [0.5, 0.6) is 11.5 Å². The van der Waals surface area contributed by atoms with Crippen molar-refractivity contribution in [3.63, 3.8) is 0 Å². The van der Waals surface area contributed by atoms with E-state index in [4.69, 9.17) is 4.74 Å². The zero-order valence-electron chi connectivity index (χ0n) is 42.4. The van der Waals surface area contributed by atoms with Gasteiger partial charge in [0.15, 0.2) is 0 Å². The molecule has 0 amide bonds. The molecule has 348 valence electrons. The molecule has 0 radical (unpaired) electrons. The second-order valence-corrected chi connectivity index (χ2v) is 21.0. The van der Waals surface area contributed by atoms with Gasteiger partial charge in [0, 0.05) is 57.3 Å². The number of hydrogen-bond acceptors (Lipinski definition) is 4. The van der Waals surface area contributed by atoms with Gasteiger partial charge >= 0.3 is 0 Å². The van der Waals surface area contributed by atoms with Crippen LogP contribution in [-0.2, 0) is 0 Å². The van der Waals surface area contributed by atoms with E-state index >= 15 is 0 Å². The summed E-state index contributed by atoms with van der Waals surface area (Å²) in [7, 11) is 0. The maximum absolute atomic E-state index is 7.57. The Labute approximate surface area is 430 Å². The van der Waals surface area contributed by atoms with Crippen LogP contribution < -0.4 is 52.2 Å². The lowest BCUT2D eigenvalue weighted by Gasteiger charge is -2.46. The average molecular weight is 938 g/mol. The number of aryl methyl sites for hydroxylation is 7.